The summed E-state index contributed by atoms with van der Waals surface area (Å²) in [4.78, 5) is 4.18. The predicted molar refractivity (Wildman–Crippen MR) is 84.5 cm³/mol. The highest BCUT2D eigenvalue weighted by atomic mass is 79.9. The van der Waals surface area contributed by atoms with E-state index >= 15 is 0 Å². The molecule has 0 aliphatic heterocycles. The number of aromatic nitrogens is 3. The van der Waals surface area contributed by atoms with Crippen LogP contribution in [0.4, 0.5) is 0 Å². The molecule has 0 aliphatic rings. The Bertz CT molecular complexity index is 548. The second-order valence-electron chi connectivity index (χ2n) is 3.80. The molecule has 102 valence electrons. The highest BCUT2D eigenvalue weighted by Gasteiger charge is 2.11. The van der Waals surface area contributed by atoms with Gasteiger partial charge in [0.1, 0.15) is 18.7 Å². The Hall–Kier alpha value is -0.400. The smallest absolute Gasteiger partial charge is 0.164 e. The lowest BCUT2D eigenvalue weighted by molar-refractivity contribution is 0.283. The highest BCUT2D eigenvalue weighted by molar-refractivity contribution is 9.11. The van der Waals surface area contributed by atoms with Crippen LogP contribution in [0.5, 0.6) is 5.75 Å². The predicted octanol–water partition coefficient (Wildman–Crippen LogP) is 4.30. The van der Waals surface area contributed by atoms with E-state index in [1.807, 2.05) is 23.7 Å². The zero-order chi connectivity index (χ0) is 13.8. The van der Waals surface area contributed by atoms with Gasteiger partial charge in [0.05, 0.1) is 8.95 Å². The fourth-order valence-electron chi connectivity index (χ4n) is 1.63. The van der Waals surface area contributed by atoms with Gasteiger partial charge < -0.3 is 4.74 Å². The number of alkyl halides is 1. The van der Waals surface area contributed by atoms with E-state index in [0.717, 1.165) is 32.4 Å². The Morgan fingerprint density at radius 1 is 1.26 bits per heavy atom. The van der Waals surface area contributed by atoms with Gasteiger partial charge in [-0.3, -0.25) is 0 Å². The monoisotopic (exact) mass is 451 g/mol. The molecule has 2 aromatic rings. The van der Waals surface area contributed by atoms with Gasteiger partial charge in [-0.15, -0.1) is 0 Å². The van der Waals surface area contributed by atoms with E-state index in [-0.39, 0.29) is 0 Å². The maximum absolute atomic E-state index is 5.82. The fourth-order valence-corrected chi connectivity index (χ4v) is 3.46. The zero-order valence-electron chi connectivity index (χ0n) is 10.2. The van der Waals surface area contributed by atoms with E-state index in [0.29, 0.717) is 6.61 Å². The number of halogens is 3. The van der Waals surface area contributed by atoms with Gasteiger partial charge >= 0.3 is 0 Å². The third-order valence-electron chi connectivity index (χ3n) is 2.55. The van der Waals surface area contributed by atoms with Gasteiger partial charge in [0.2, 0.25) is 0 Å². The summed E-state index contributed by atoms with van der Waals surface area (Å²) in [5.41, 5.74) is 1.17. The minimum absolute atomic E-state index is 0.388. The number of aryl methyl sites for hydroxylation is 1. The third kappa shape index (κ3) is 3.58. The van der Waals surface area contributed by atoms with Gasteiger partial charge in [-0.2, -0.15) is 5.10 Å². The third-order valence-corrected chi connectivity index (χ3v) is 4.38. The quantitative estimate of drug-likeness (QED) is 0.634. The van der Waals surface area contributed by atoms with Crippen molar-refractivity contribution in [3.8, 4) is 5.75 Å². The zero-order valence-corrected chi connectivity index (χ0v) is 15.0. The van der Waals surface area contributed by atoms with Gasteiger partial charge in [0, 0.05) is 11.9 Å². The molecule has 0 saturated carbocycles. The average molecular weight is 454 g/mol. The van der Waals surface area contributed by atoms with Crippen LogP contribution in [-0.4, -0.2) is 14.8 Å². The molecule has 4 nitrogen and oxygen atoms in total. The fraction of sp³-hybridized carbons (Fsp3) is 0.333. The molecule has 2 rings (SSSR count). The molecule has 0 radical (unpaired) electrons. The van der Waals surface area contributed by atoms with E-state index in [4.69, 9.17) is 4.74 Å². The molecule has 0 aliphatic carbocycles. The van der Waals surface area contributed by atoms with Gasteiger partial charge in [-0.1, -0.05) is 15.9 Å². The van der Waals surface area contributed by atoms with Crippen LogP contribution in [0, 0.1) is 0 Å². The Morgan fingerprint density at radius 3 is 2.53 bits per heavy atom. The number of nitrogens with zero attached hydrogens (tertiary/aromatic N) is 3. The van der Waals surface area contributed by atoms with E-state index in [9.17, 15) is 0 Å². The molecule has 0 saturated heterocycles. The van der Waals surface area contributed by atoms with Crippen molar-refractivity contribution in [2.24, 2.45) is 0 Å². The first-order valence-electron chi connectivity index (χ1n) is 5.69. The molecule has 1 aromatic carbocycles. The van der Waals surface area contributed by atoms with Crippen molar-refractivity contribution in [3.63, 3.8) is 0 Å². The Morgan fingerprint density at radius 2 is 1.95 bits per heavy atom. The van der Waals surface area contributed by atoms with Crippen molar-refractivity contribution in [2.75, 3.05) is 0 Å². The second-order valence-corrected chi connectivity index (χ2v) is 6.07. The average Bonchev–Trinajstić information content (AvgIpc) is 2.85. The molecular formula is C12H12Br3N3O. The molecule has 19 heavy (non-hydrogen) atoms. The number of hydrogen-bond donors (Lipinski definition) is 0. The first kappa shape index (κ1) is 15.0. The summed E-state index contributed by atoms with van der Waals surface area (Å²) in [7, 11) is 0. The number of rotatable bonds is 5. The van der Waals surface area contributed by atoms with E-state index in [1.165, 1.54) is 5.56 Å². The summed E-state index contributed by atoms with van der Waals surface area (Å²) in [6.07, 6.45) is 1.54. The number of ether oxygens (including phenoxy) is 1. The van der Waals surface area contributed by atoms with Crippen molar-refractivity contribution in [2.45, 2.75) is 25.4 Å². The Labute approximate surface area is 136 Å². The molecule has 1 heterocycles. The van der Waals surface area contributed by atoms with Crippen LogP contribution in [0.1, 0.15) is 18.3 Å². The summed E-state index contributed by atoms with van der Waals surface area (Å²) in [6, 6.07) is 4.05. The van der Waals surface area contributed by atoms with Crippen molar-refractivity contribution in [3.05, 3.63) is 38.8 Å². The molecule has 0 fully saturated rings. The van der Waals surface area contributed by atoms with Crippen LogP contribution in [-0.2, 0) is 18.5 Å². The highest BCUT2D eigenvalue weighted by Crippen LogP contribution is 2.35. The molecule has 0 unspecified atom stereocenters. The Balaban J connectivity index is 2.16. The molecule has 7 heteroatoms. The van der Waals surface area contributed by atoms with Crippen molar-refractivity contribution in [1.82, 2.24) is 14.8 Å². The largest absolute Gasteiger partial charge is 0.483 e. The SMILES string of the molecule is CCn1ncnc1COc1c(Br)cc(CBr)cc1Br. The lowest BCUT2D eigenvalue weighted by Gasteiger charge is -2.11. The lowest BCUT2D eigenvalue weighted by Crippen LogP contribution is -2.07. The van der Waals surface area contributed by atoms with Crippen LogP contribution in [0.25, 0.3) is 0 Å². The van der Waals surface area contributed by atoms with E-state index in [1.54, 1.807) is 6.33 Å². The van der Waals surface area contributed by atoms with E-state index in [2.05, 4.69) is 57.9 Å². The molecule has 0 spiro atoms. The number of hydrogen-bond acceptors (Lipinski definition) is 3. The molecule has 0 N–H and O–H groups in total. The minimum Gasteiger partial charge on any atom is -0.483 e. The van der Waals surface area contributed by atoms with Crippen LogP contribution in [0.15, 0.2) is 27.4 Å². The maximum atomic E-state index is 5.82. The lowest BCUT2D eigenvalue weighted by atomic mass is 10.2. The van der Waals surface area contributed by atoms with Gasteiger partial charge in [0.25, 0.3) is 0 Å². The summed E-state index contributed by atoms with van der Waals surface area (Å²) in [5, 5.41) is 4.92. The number of benzene rings is 1. The molecule has 0 atom stereocenters. The van der Waals surface area contributed by atoms with Crippen molar-refractivity contribution >= 4 is 47.8 Å². The normalized spacial score (nSPS) is 10.7. The topological polar surface area (TPSA) is 39.9 Å². The van der Waals surface area contributed by atoms with Crippen LogP contribution in [0.3, 0.4) is 0 Å². The van der Waals surface area contributed by atoms with Crippen molar-refractivity contribution in [1.29, 1.82) is 0 Å². The maximum Gasteiger partial charge on any atom is 0.164 e. The first-order valence-corrected chi connectivity index (χ1v) is 8.39. The molecule has 1 aromatic heterocycles. The van der Waals surface area contributed by atoms with Crippen LogP contribution < -0.4 is 4.74 Å². The van der Waals surface area contributed by atoms with Gasteiger partial charge in [0.15, 0.2) is 5.82 Å². The molecule has 0 bridgehead atoms. The van der Waals surface area contributed by atoms with Crippen LogP contribution >= 0.6 is 47.8 Å². The minimum atomic E-state index is 0.388. The summed E-state index contributed by atoms with van der Waals surface area (Å²) >= 11 is 10.5. The Kier molecular flexibility index (Phi) is 5.41. The van der Waals surface area contributed by atoms with Crippen molar-refractivity contribution < 1.29 is 4.74 Å². The molecule has 0 amide bonds. The molecular weight excluding hydrogens is 442 g/mol. The summed E-state index contributed by atoms with van der Waals surface area (Å²) < 4.78 is 9.47. The van der Waals surface area contributed by atoms with Gasteiger partial charge in [-0.05, 0) is 56.5 Å². The van der Waals surface area contributed by atoms with E-state index < -0.39 is 0 Å². The second kappa shape index (κ2) is 6.85. The summed E-state index contributed by atoms with van der Waals surface area (Å²) in [5.74, 6) is 1.58. The van der Waals surface area contributed by atoms with Crippen LogP contribution in [0.2, 0.25) is 0 Å². The first-order chi connectivity index (χ1) is 9.15. The summed E-state index contributed by atoms with van der Waals surface area (Å²) in [6.45, 7) is 3.19. The van der Waals surface area contributed by atoms with Gasteiger partial charge in [-0.25, -0.2) is 9.67 Å². The standard InChI is InChI=1S/C12H12Br3N3O/c1-2-18-11(16-7-17-18)6-19-12-9(14)3-8(5-13)4-10(12)15/h3-4,7H,2,5-6H2,1H3.